The Morgan fingerprint density at radius 3 is 1.32 bits per heavy atom. The first kappa shape index (κ1) is 19.8. The number of hydrogen-bond acceptors (Lipinski definition) is 1. The second kappa shape index (κ2) is 6.67. The van der Waals surface area contributed by atoms with Gasteiger partial charge < -0.3 is 0 Å². The van der Waals surface area contributed by atoms with Crippen molar-refractivity contribution in [2.45, 2.75) is 14.0 Å². The van der Waals surface area contributed by atoms with E-state index in [-0.39, 0.29) is 10.9 Å². The molecule has 0 amide bonds. The largest absolute Gasteiger partial charge is 0.220 e. The molecule has 0 atom stereocenters. The van der Waals surface area contributed by atoms with Crippen molar-refractivity contribution in [2.75, 3.05) is 0 Å². The maximum absolute atomic E-state index is 10.7. The van der Waals surface area contributed by atoms with Crippen LogP contribution in [0.25, 0.3) is 0 Å². The molecule has 0 aliphatic rings. The Bertz CT molecular complexity index is 736. The van der Waals surface area contributed by atoms with Gasteiger partial charge in [0.25, 0.3) is 0 Å². The van der Waals surface area contributed by atoms with Crippen LogP contribution in [-0.2, 0) is 10.9 Å². The van der Waals surface area contributed by atoms with Gasteiger partial charge in [0.1, 0.15) is 10.9 Å². The summed E-state index contributed by atoms with van der Waals surface area (Å²) < 4.78 is 60.6. The fourth-order valence-electron chi connectivity index (χ4n) is 1.86. The van der Waals surface area contributed by atoms with Crippen LogP contribution in [0.2, 0.25) is 0 Å². The molecule has 3 rings (SSSR count). The molecule has 0 radical (unpaired) electrons. The molecule has 1 aromatic heterocycles. The molecule has 1 heterocycles. The van der Waals surface area contributed by atoms with E-state index in [4.69, 9.17) is 0 Å². The molecular formula is C16H13F6PS2. The summed E-state index contributed by atoms with van der Waals surface area (Å²) in [5, 5.41) is 2.15. The molecule has 0 spiro atoms. The fraction of sp³-hybridized carbons (Fsp3) is 0. The minimum atomic E-state index is -10.7. The van der Waals surface area contributed by atoms with Crippen LogP contribution in [0.1, 0.15) is 0 Å². The summed E-state index contributed by atoms with van der Waals surface area (Å²) in [6.07, 6.45) is 0. The molecule has 0 unspecified atom stereocenters. The van der Waals surface area contributed by atoms with E-state index in [1.165, 1.54) is 14.0 Å². The smallest absolute Gasteiger partial charge is 0.0936 e. The third-order valence-electron chi connectivity index (χ3n) is 2.65. The molecule has 136 valence electrons. The van der Waals surface area contributed by atoms with Crippen LogP contribution in [0.5, 0.6) is 0 Å². The normalized spacial score (nSPS) is 14.2. The van der Waals surface area contributed by atoms with Crippen LogP contribution in [-0.4, -0.2) is 0 Å². The molecule has 0 nitrogen and oxygen atoms in total. The second-order valence-corrected chi connectivity index (χ2v) is 9.94. The zero-order chi connectivity index (χ0) is 18.6. The minimum absolute atomic E-state index is 0.0350. The van der Waals surface area contributed by atoms with E-state index in [2.05, 4.69) is 78.2 Å². The average molecular weight is 414 g/mol. The van der Waals surface area contributed by atoms with Crippen LogP contribution in [0, 0.1) is 0 Å². The van der Waals surface area contributed by atoms with Gasteiger partial charge in [-0.3, -0.25) is 0 Å². The topological polar surface area (TPSA) is 0 Å². The maximum atomic E-state index is 9.87. The van der Waals surface area contributed by atoms with Crippen LogP contribution in [0.3, 0.4) is 0 Å². The first-order valence-electron chi connectivity index (χ1n) is 6.84. The summed E-state index contributed by atoms with van der Waals surface area (Å²) in [5.41, 5.74) is 0. The van der Waals surface area contributed by atoms with Crippen LogP contribution < -0.4 is 0 Å². The molecule has 0 saturated carbocycles. The van der Waals surface area contributed by atoms with Crippen molar-refractivity contribution in [1.29, 1.82) is 0 Å². The third kappa shape index (κ3) is 8.43. The molecule has 9 heteroatoms. The van der Waals surface area contributed by atoms with Gasteiger partial charge in [0.2, 0.25) is 4.21 Å². The van der Waals surface area contributed by atoms with Gasteiger partial charge in [-0.25, -0.2) is 0 Å². The summed E-state index contributed by atoms with van der Waals surface area (Å²) in [6, 6.07) is 25.8. The fourth-order valence-corrected chi connectivity index (χ4v) is 5.25. The summed E-state index contributed by atoms with van der Waals surface area (Å²) in [4.78, 5) is 2.76. The molecule has 3 aromatic rings. The molecule has 0 bridgehead atoms. The Kier molecular flexibility index (Phi) is 5.28. The SMILES string of the molecule is F[P-](F)(F)(F)(F)F.c1ccc([S+](c2ccccc2)c2cccs2)cc1. The van der Waals surface area contributed by atoms with Gasteiger partial charge in [0.05, 0.1) is 0 Å². The van der Waals surface area contributed by atoms with E-state index >= 15 is 0 Å². The van der Waals surface area contributed by atoms with E-state index < -0.39 is 7.81 Å². The number of rotatable bonds is 3. The van der Waals surface area contributed by atoms with E-state index in [0.717, 1.165) is 0 Å². The van der Waals surface area contributed by atoms with E-state index in [1.807, 2.05) is 11.3 Å². The van der Waals surface area contributed by atoms with Crippen molar-refractivity contribution in [1.82, 2.24) is 0 Å². The standard InChI is InChI=1S/C16H13S2.F6P/c1-3-8-14(9-4-1)18(16-12-7-13-17-16)15-10-5-2-6-11-15;1-7(2,3,4,5)6/h1-13H;/q+1;-1. The Morgan fingerprint density at radius 1 is 0.600 bits per heavy atom. The van der Waals surface area contributed by atoms with Crippen molar-refractivity contribution in [2.24, 2.45) is 0 Å². The number of hydrogen-bond donors (Lipinski definition) is 0. The first-order chi connectivity index (χ1) is 11.4. The quantitative estimate of drug-likeness (QED) is 0.230. The maximum Gasteiger partial charge on any atom is 0.220 e. The molecule has 2 aromatic carbocycles. The van der Waals surface area contributed by atoms with Crippen LogP contribution in [0.15, 0.2) is 92.2 Å². The zero-order valence-corrected chi connectivity index (χ0v) is 15.1. The average Bonchev–Trinajstić information content (AvgIpc) is 3.01. The van der Waals surface area contributed by atoms with Gasteiger partial charge in [-0.2, -0.15) is 0 Å². The Hall–Kier alpha value is -1.50. The Balaban J connectivity index is 0.000000277. The summed E-state index contributed by atoms with van der Waals surface area (Å²) in [6.45, 7) is 0. The summed E-state index contributed by atoms with van der Waals surface area (Å²) in [7, 11) is -10.6. The van der Waals surface area contributed by atoms with E-state index in [9.17, 15) is 25.2 Å². The Labute approximate surface area is 147 Å². The minimum Gasteiger partial charge on any atom is -0.0936 e. The second-order valence-electron chi connectivity index (χ2n) is 4.82. The summed E-state index contributed by atoms with van der Waals surface area (Å²) in [5.74, 6) is 0. The number of thiophene rings is 1. The summed E-state index contributed by atoms with van der Waals surface area (Å²) >= 11 is 1.83. The zero-order valence-electron chi connectivity index (χ0n) is 12.5. The van der Waals surface area contributed by atoms with Gasteiger partial charge in [-0.05, 0) is 35.7 Å². The molecule has 0 fully saturated rings. The molecule has 0 saturated heterocycles. The van der Waals surface area contributed by atoms with Gasteiger partial charge in [0.15, 0.2) is 9.79 Å². The predicted molar refractivity (Wildman–Crippen MR) is 92.9 cm³/mol. The van der Waals surface area contributed by atoms with Crippen LogP contribution >= 0.6 is 19.1 Å². The van der Waals surface area contributed by atoms with Crippen LogP contribution in [0.4, 0.5) is 25.2 Å². The van der Waals surface area contributed by atoms with Crippen molar-refractivity contribution in [3.05, 3.63) is 78.2 Å². The Morgan fingerprint density at radius 2 is 1.00 bits per heavy atom. The van der Waals surface area contributed by atoms with Gasteiger partial charge >= 0.3 is 33.0 Å². The molecule has 25 heavy (non-hydrogen) atoms. The monoisotopic (exact) mass is 414 g/mol. The van der Waals surface area contributed by atoms with Crippen molar-refractivity contribution in [3.8, 4) is 0 Å². The van der Waals surface area contributed by atoms with E-state index in [1.54, 1.807) is 0 Å². The van der Waals surface area contributed by atoms with Crippen molar-refractivity contribution >= 4 is 30.0 Å². The molecule has 0 N–H and O–H groups in total. The van der Waals surface area contributed by atoms with Gasteiger partial charge in [-0.1, -0.05) is 47.7 Å². The molecule has 0 aliphatic carbocycles. The third-order valence-corrected chi connectivity index (χ3v) is 6.13. The van der Waals surface area contributed by atoms with Crippen molar-refractivity contribution in [3.63, 3.8) is 0 Å². The molecular weight excluding hydrogens is 401 g/mol. The number of benzene rings is 2. The van der Waals surface area contributed by atoms with Gasteiger partial charge in [-0.15, -0.1) is 0 Å². The molecule has 0 aliphatic heterocycles. The van der Waals surface area contributed by atoms with E-state index in [0.29, 0.717) is 0 Å². The van der Waals surface area contributed by atoms with Gasteiger partial charge in [0, 0.05) is 6.07 Å². The predicted octanol–water partition coefficient (Wildman–Crippen LogP) is 8.23. The van der Waals surface area contributed by atoms with Crippen molar-refractivity contribution < 1.29 is 25.2 Å². The number of halogens is 6. The first-order valence-corrected chi connectivity index (χ1v) is 11.0.